The second-order valence-electron chi connectivity index (χ2n) is 8.55. The third-order valence-corrected chi connectivity index (χ3v) is 6.43. The molecule has 218 valence electrons. The maximum Gasteiger partial charge on any atom is 0.418 e. The van der Waals surface area contributed by atoms with E-state index < -0.39 is 64.5 Å². The molecule has 0 spiro atoms. The fourth-order valence-electron chi connectivity index (χ4n) is 3.97. The number of carbonyl (C=O) groups is 1. The summed E-state index contributed by atoms with van der Waals surface area (Å²) in [7, 11) is 1.25. The van der Waals surface area contributed by atoms with Gasteiger partial charge in [-0.15, -0.1) is 0 Å². The number of hydrogen-bond acceptors (Lipinski definition) is 3. The van der Waals surface area contributed by atoms with Crippen LogP contribution in [0.5, 0.6) is 5.75 Å². The van der Waals surface area contributed by atoms with Gasteiger partial charge in [0.25, 0.3) is 5.91 Å². The van der Waals surface area contributed by atoms with Crippen LogP contribution >= 0.6 is 23.2 Å². The molecule has 0 aliphatic rings. The molecule has 2 aromatic heterocycles. The fourth-order valence-corrected chi connectivity index (χ4v) is 4.44. The van der Waals surface area contributed by atoms with E-state index in [9.17, 15) is 44.3 Å². The first-order valence-electron chi connectivity index (χ1n) is 11.1. The van der Waals surface area contributed by atoms with Crippen LogP contribution in [0.25, 0.3) is 11.0 Å². The van der Waals surface area contributed by atoms with Crippen molar-refractivity contribution in [2.45, 2.75) is 25.1 Å². The van der Waals surface area contributed by atoms with Crippen LogP contribution in [0.4, 0.5) is 45.2 Å². The Morgan fingerprint density at radius 2 is 1.54 bits per heavy atom. The molecule has 41 heavy (non-hydrogen) atoms. The zero-order chi connectivity index (χ0) is 30.5. The number of methoxy groups -OCH3 is 1. The number of alkyl halides is 9. The highest BCUT2D eigenvalue weighted by atomic mass is 35.5. The van der Waals surface area contributed by atoms with Crippen LogP contribution in [0.15, 0.2) is 48.8 Å². The van der Waals surface area contributed by atoms with E-state index in [1.54, 1.807) is 11.4 Å². The first kappa shape index (κ1) is 30.3. The monoisotopic (exact) mass is 629 g/mol. The summed E-state index contributed by atoms with van der Waals surface area (Å²) in [5.74, 6) is -1.39. The number of aromatic nitrogens is 2. The number of carbonyl (C=O) groups excluding carboxylic acids is 1. The lowest BCUT2D eigenvalue weighted by Gasteiger charge is -2.21. The highest BCUT2D eigenvalue weighted by Gasteiger charge is 2.45. The van der Waals surface area contributed by atoms with Crippen molar-refractivity contribution in [2.24, 2.45) is 0 Å². The number of fused-ring (bicyclic) bond motifs is 1. The zero-order valence-corrected chi connectivity index (χ0v) is 21.7. The van der Waals surface area contributed by atoms with Crippen molar-refractivity contribution < 1.29 is 49.0 Å². The van der Waals surface area contributed by atoms with Gasteiger partial charge in [-0.05, 0) is 35.9 Å². The van der Waals surface area contributed by atoms with Gasteiger partial charge in [0.2, 0.25) is 0 Å². The Labute approximate surface area is 234 Å². The summed E-state index contributed by atoms with van der Waals surface area (Å²) < 4.78 is 129. The molecule has 2 aromatic carbocycles. The molecule has 0 saturated heterocycles. The lowest BCUT2D eigenvalue weighted by Crippen LogP contribution is -2.23. The Balaban J connectivity index is 1.88. The van der Waals surface area contributed by atoms with Crippen LogP contribution in [0.1, 0.15) is 32.6 Å². The van der Waals surface area contributed by atoms with Crippen molar-refractivity contribution >= 4 is 45.8 Å². The van der Waals surface area contributed by atoms with E-state index in [2.05, 4.69) is 4.98 Å². The summed E-state index contributed by atoms with van der Waals surface area (Å²) in [4.78, 5) is 17.4. The van der Waals surface area contributed by atoms with Gasteiger partial charge in [0, 0.05) is 21.6 Å². The zero-order valence-electron chi connectivity index (χ0n) is 20.2. The molecule has 4 rings (SSSR count). The molecule has 1 N–H and O–H groups in total. The lowest BCUT2D eigenvalue weighted by atomic mass is 10.0. The van der Waals surface area contributed by atoms with Crippen LogP contribution in [0.3, 0.4) is 0 Å². The highest BCUT2D eigenvalue weighted by Crippen LogP contribution is 2.46. The van der Waals surface area contributed by atoms with E-state index in [0.717, 1.165) is 6.20 Å². The maximum atomic E-state index is 13.8. The maximum absolute atomic E-state index is 13.8. The molecular formula is C25H14Cl2F9N3O2. The number of nitrogens with zero attached hydrogens (tertiary/aromatic N) is 2. The van der Waals surface area contributed by atoms with Crippen molar-refractivity contribution in [1.29, 1.82) is 0 Å². The quantitative estimate of drug-likeness (QED) is 0.225. The third-order valence-electron chi connectivity index (χ3n) is 5.84. The second-order valence-corrected chi connectivity index (χ2v) is 9.39. The number of nitrogens with one attached hydrogen (secondary N) is 1. The van der Waals surface area contributed by atoms with Gasteiger partial charge in [0.05, 0.1) is 47.8 Å². The summed E-state index contributed by atoms with van der Waals surface area (Å²) in [6.45, 7) is -0.0546. The van der Waals surface area contributed by atoms with E-state index in [-0.39, 0.29) is 28.4 Å². The lowest BCUT2D eigenvalue weighted by molar-refractivity contribution is -0.147. The molecule has 0 unspecified atom stereocenters. The standard InChI is InChI=1S/C25H14Cl2F9N3O2/c1-41-14-7-15-16(10-39(21(15)37-8-14)9-11-2-3-13(26)6-19(11)27)22(40)38-20-17(24(31,32)33)4-12(23(28,29)30)5-18(20)25(34,35)36/h2-8,10H,9H2,1H3,(H,38,40). The van der Waals surface area contributed by atoms with Crippen LogP contribution in [-0.2, 0) is 25.1 Å². The summed E-state index contributed by atoms with van der Waals surface area (Å²) in [6.07, 6.45) is -14.6. The number of halogens is 11. The predicted molar refractivity (Wildman–Crippen MR) is 131 cm³/mol. The average Bonchev–Trinajstić information content (AvgIpc) is 3.21. The normalized spacial score (nSPS) is 12.6. The van der Waals surface area contributed by atoms with Crippen molar-refractivity contribution in [3.8, 4) is 5.75 Å². The Morgan fingerprint density at radius 3 is 2.05 bits per heavy atom. The number of amides is 1. The van der Waals surface area contributed by atoms with Crippen molar-refractivity contribution in [2.75, 3.05) is 12.4 Å². The minimum absolute atomic E-state index is 0.0408. The van der Waals surface area contributed by atoms with Crippen LogP contribution < -0.4 is 10.1 Å². The fraction of sp³-hybridized carbons (Fsp3) is 0.200. The Morgan fingerprint density at radius 1 is 0.927 bits per heavy atom. The van der Waals surface area contributed by atoms with Gasteiger partial charge in [-0.25, -0.2) is 4.98 Å². The number of hydrogen-bond donors (Lipinski definition) is 1. The van der Waals surface area contributed by atoms with Gasteiger partial charge in [-0.2, -0.15) is 39.5 Å². The first-order valence-corrected chi connectivity index (χ1v) is 11.8. The Hall–Kier alpha value is -3.65. The molecular weight excluding hydrogens is 616 g/mol. The minimum Gasteiger partial charge on any atom is -0.495 e. The summed E-state index contributed by atoms with van der Waals surface area (Å²) in [6, 6.07) is 4.76. The van der Waals surface area contributed by atoms with Crippen LogP contribution in [0.2, 0.25) is 10.0 Å². The molecule has 1 amide bonds. The van der Waals surface area contributed by atoms with E-state index >= 15 is 0 Å². The molecule has 16 heteroatoms. The average molecular weight is 630 g/mol. The smallest absolute Gasteiger partial charge is 0.418 e. The van der Waals surface area contributed by atoms with Crippen LogP contribution in [0, 0.1) is 0 Å². The van der Waals surface area contributed by atoms with E-state index in [4.69, 9.17) is 27.9 Å². The molecule has 0 aliphatic carbocycles. The van der Waals surface area contributed by atoms with Gasteiger partial charge in [0.1, 0.15) is 11.4 Å². The van der Waals surface area contributed by atoms with Crippen LogP contribution in [-0.4, -0.2) is 22.6 Å². The molecule has 4 aromatic rings. The molecule has 0 radical (unpaired) electrons. The predicted octanol–water partition coefficient (Wildman–Crippen LogP) is 8.71. The SMILES string of the molecule is COc1cnc2c(c1)c(C(=O)Nc1c(C(F)(F)F)cc(C(F)(F)F)cc1C(F)(F)F)cn2Cc1ccc(Cl)cc1Cl. The Bertz CT molecular complexity index is 1610. The number of benzene rings is 2. The molecule has 0 bridgehead atoms. The number of ether oxygens (including phenoxy) is 1. The Kier molecular flexibility index (Phi) is 7.86. The topological polar surface area (TPSA) is 56.1 Å². The van der Waals surface area contributed by atoms with Gasteiger partial charge in [-0.1, -0.05) is 29.3 Å². The second kappa shape index (κ2) is 10.6. The summed E-state index contributed by atoms with van der Waals surface area (Å²) >= 11 is 12.1. The summed E-state index contributed by atoms with van der Waals surface area (Å²) in [5.41, 5.74) is -8.65. The third kappa shape index (κ3) is 6.32. The molecule has 0 saturated carbocycles. The molecule has 2 heterocycles. The first-order chi connectivity index (χ1) is 18.9. The van der Waals surface area contributed by atoms with Gasteiger partial charge < -0.3 is 14.6 Å². The van der Waals surface area contributed by atoms with E-state index in [1.807, 2.05) is 0 Å². The number of anilines is 1. The largest absolute Gasteiger partial charge is 0.495 e. The minimum atomic E-state index is -5.70. The van der Waals surface area contributed by atoms with Gasteiger partial charge in [0.15, 0.2) is 0 Å². The van der Waals surface area contributed by atoms with Crippen molar-refractivity contribution in [3.63, 3.8) is 0 Å². The highest BCUT2D eigenvalue weighted by molar-refractivity contribution is 6.35. The molecule has 5 nitrogen and oxygen atoms in total. The van der Waals surface area contributed by atoms with E-state index in [0.29, 0.717) is 10.6 Å². The van der Waals surface area contributed by atoms with Crippen molar-refractivity contribution in [3.05, 3.63) is 86.7 Å². The summed E-state index contributed by atoms with van der Waals surface area (Å²) in [5, 5.41) is 2.03. The van der Waals surface area contributed by atoms with E-state index in [1.165, 1.54) is 36.1 Å². The molecule has 0 atom stereocenters. The molecule has 0 aliphatic heterocycles. The molecule has 0 fully saturated rings. The number of pyridine rings is 1. The van der Waals surface area contributed by atoms with Crippen molar-refractivity contribution in [1.82, 2.24) is 9.55 Å². The van der Waals surface area contributed by atoms with Gasteiger partial charge >= 0.3 is 18.5 Å². The number of rotatable bonds is 5. The van der Waals surface area contributed by atoms with Gasteiger partial charge in [-0.3, -0.25) is 4.79 Å².